The van der Waals surface area contributed by atoms with E-state index in [2.05, 4.69) is 22.5 Å². The molecule has 156 valence electrons. The van der Waals surface area contributed by atoms with Gasteiger partial charge in [-0.25, -0.2) is 4.98 Å². The molecule has 0 saturated heterocycles. The normalized spacial score (nSPS) is 13.1. The van der Waals surface area contributed by atoms with Gasteiger partial charge in [0.15, 0.2) is 11.5 Å². The van der Waals surface area contributed by atoms with Gasteiger partial charge in [0, 0.05) is 18.8 Å². The van der Waals surface area contributed by atoms with Crippen LogP contribution in [0.3, 0.4) is 0 Å². The van der Waals surface area contributed by atoms with Gasteiger partial charge in [-0.05, 0) is 63.8 Å². The second-order valence-electron chi connectivity index (χ2n) is 7.59. The Morgan fingerprint density at radius 2 is 1.93 bits per heavy atom. The average molecular weight is 399 g/mol. The summed E-state index contributed by atoms with van der Waals surface area (Å²) in [7, 11) is 0. The van der Waals surface area contributed by atoms with Crippen LogP contribution in [0.2, 0.25) is 0 Å². The summed E-state index contributed by atoms with van der Waals surface area (Å²) in [6.07, 6.45) is 4.74. The van der Waals surface area contributed by atoms with Crippen molar-refractivity contribution >= 4 is 17.5 Å². The van der Waals surface area contributed by atoms with E-state index in [1.54, 1.807) is 12.1 Å². The summed E-state index contributed by atoms with van der Waals surface area (Å²) in [4.78, 5) is 29.9. The molecular formula is C22H30N4O3. The second-order valence-corrected chi connectivity index (χ2v) is 7.59. The summed E-state index contributed by atoms with van der Waals surface area (Å²) in [5.74, 6) is 0.585. The van der Waals surface area contributed by atoms with Gasteiger partial charge in [0.25, 0.3) is 11.8 Å². The van der Waals surface area contributed by atoms with E-state index in [9.17, 15) is 9.59 Å². The number of amides is 2. The molecule has 2 aromatic rings. The zero-order valence-corrected chi connectivity index (χ0v) is 17.5. The molecule has 2 N–H and O–H groups in total. The number of fused-ring (bicyclic) bond motifs is 1. The van der Waals surface area contributed by atoms with Crippen molar-refractivity contribution in [1.29, 1.82) is 0 Å². The molecule has 0 spiro atoms. The fourth-order valence-electron chi connectivity index (χ4n) is 3.44. The van der Waals surface area contributed by atoms with E-state index in [4.69, 9.17) is 4.74 Å². The highest BCUT2D eigenvalue weighted by Gasteiger charge is 2.27. The second kappa shape index (κ2) is 9.58. The molecule has 1 aromatic heterocycles. The summed E-state index contributed by atoms with van der Waals surface area (Å²) in [5.41, 5.74) is 1.85. The van der Waals surface area contributed by atoms with E-state index >= 15 is 0 Å². The Bertz CT molecular complexity index is 856. The van der Waals surface area contributed by atoms with Crippen LogP contribution in [-0.2, 0) is 13.0 Å². The number of nitrogens with zero attached hydrogens (tertiary/aromatic N) is 2. The topological polar surface area (TPSA) is 85.2 Å². The van der Waals surface area contributed by atoms with Crippen LogP contribution in [-0.4, -0.2) is 34.0 Å². The third-order valence-corrected chi connectivity index (χ3v) is 4.84. The molecule has 0 radical (unpaired) electrons. The minimum atomic E-state index is -0.291. The average Bonchev–Trinajstić information content (AvgIpc) is 3.09. The molecule has 7 nitrogen and oxygen atoms in total. The fraction of sp³-hybridized carbons (Fsp3) is 0.500. The molecular weight excluding hydrogens is 368 g/mol. The van der Waals surface area contributed by atoms with Crippen molar-refractivity contribution in [1.82, 2.24) is 14.9 Å². The molecule has 7 heteroatoms. The van der Waals surface area contributed by atoms with Crippen LogP contribution in [0, 0.1) is 0 Å². The zero-order valence-electron chi connectivity index (χ0n) is 17.5. The van der Waals surface area contributed by atoms with Crippen LogP contribution < -0.4 is 15.4 Å². The van der Waals surface area contributed by atoms with Crippen molar-refractivity contribution < 1.29 is 14.3 Å². The number of carbonyl (C=O) groups is 2. The molecule has 0 unspecified atom stereocenters. The summed E-state index contributed by atoms with van der Waals surface area (Å²) >= 11 is 0. The number of carbonyl (C=O) groups excluding carboxylic acids is 2. The molecule has 0 saturated carbocycles. The fourth-order valence-corrected chi connectivity index (χ4v) is 3.44. The lowest BCUT2D eigenvalue weighted by Gasteiger charge is -2.17. The lowest BCUT2D eigenvalue weighted by atomic mass is 10.1. The Kier molecular flexibility index (Phi) is 6.90. The molecule has 0 atom stereocenters. The number of hydrogen-bond acceptors (Lipinski definition) is 4. The maximum atomic E-state index is 12.9. The maximum absolute atomic E-state index is 12.9. The summed E-state index contributed by atoms with van der Waals surface area (Å²) in [6, 6.07) is 7.25. The van der Waals surface area contributed by atoms with Crippen molar-refractivity contribution in [3.05, 3.63) is 41.5 Å². The van der Waals surface area contributed by atoms with Crippen molar-refractivity contribution in [3.8, 4) is 5.75 Å². The number of imidazole rings is 1. The number of anilines is 1. The Morgan fingerprint density at radius 3 is 2.62 bits per heavy atom. The SMILES string of the molecule is CCCCNC(=O)c1nc(C(=O)Nc2ccc(OC(C)C)cc2)c2n1CCCC2. The predicted molar refractivity (Wildman–Crippen MR) is 113 cm³/mol. The molecule has 0 aliphatic carbocycles. The van der Waals surface area contributed by atoms with Gasteiger partial charge in [-0.2, -0.15) is 0 Å². The van der Waals surface area contributed by atoms with Crippen LogP contribution in [0.1, 0.15) is 73.3 Å². The number of ether oxygens (including phenoxy) is 1. The van der Waals surface area contributed by atoms with Gasteiger partial charge >= 0.3 is 0 Å². The van der Waals surface area contributed by atoms with E-state index in [-0.39, 0.29) is 17.9 Å². The molecule has 29 heavy (non-hydrogen) atoms. The number of nitrogens with one attached hydrogen (secondary N) is 2. The lowest BCUT2D eigenvalue weighted by Crippen LogP contribution is -2.28. The Balaban J connectivity index is 1.77. The molecule has 3 rings (SSSR count). The quantitative estimate of drug-likeness (QED) is 0.663. The van der Waals surface area contributed by atoms with E-state index in [1.807, 2.05) is 30.5 Å². The largest absolute Gasteiger partial charge is 0.491 e. The Morgan fingerprint density at radius 1 is 1.17 bits per heavy atom. The number of rotatable bonds is 8. The highest BCUT2D eigenvalue weighted by atomic mass is 16.5. The number of unbranched alkanes of at least 4 members (excludes halogenated alkanes) is 1. The van der Waals surface area contributed by atoms with Gasteiger partial charge in [-0.15, -0.1) is 0 Å². The highest BCUT2D eigenvalue weighted by molar-refractivity contribution is 6.05. The molecule has 1 aliphatic rings. The van der Waals surface area contributed by atoms with Crippen molar-refractivity contribution in [2.45, 2.75) is 65.5 Å². The van der Waals surface area contributed by atoms with Gasteiger partial charge in [-0.1, -0.05) is 13.3 Å². The van der Waals surface area contributed by atoms with E-state index in [0.717, 1.165) is 43.5 Å². The van der Waals surface area contributed by atoms with Crippen LogP contribution in [0.15, 0.2) is 24.3 Å². The smallest absolute Gasteiger partial charge is 0.287 e. The molecule has 2 amide bonds. The number of aromatic nitrogens is 2. The van der Waals surface area contributed by atoms with Gasteiger partial charge < -0.3 is 19.9 Å². The molecule has 0 bridgehead atoms. The van der Waals surface area contributed by atoms with Gasteiger partial charge in [-0.3, -0.25) is 9.59 Å². The summed E-state index contributed by atoms with van der Waals surface area (Å²) < 4.78 is 7.53. The van der Waals surface area contributed by atoms with Gasteiger partial charge in [0.05, 0.1) is 11.8 Å². The number of benzene rings is 1. The molecule has 0 fully saturated rings. The van der Waals surface area contributed by atoms with Crippen LogP contribution in [0.4, 0.5) is 5.69 Å². The van der Waals surface area contributed by atoms with Crippen molar-refractivity contribution in [2.24, 2.45) is 0 Å². The van der Waals surface area contributed by atoms with Gasteiger partial charge in [0.1, 0.15) is 5.75 Å². The zero-order chi connectivity index (χ0) is 20.8. The standard InChI is InChI=1S/C22H30N4O3/c1-4-5-13-23-22(28)20-25-19(18-8-6-7-14-26(18)20)21(27)24-16-9-11-17(12-10-16)29-15(2)3/h9-12,15H,4-8,13-14H2,1-3H3,(H,23,28)(H,24,27). The van der Waals surface area contributed by atoms with Crippen LogP contribution in [0.25, 0.3) is 0 Å². The third-order valence-electron chi connectivity index (χ3n) is 4.84. The van der Waals surface area contributed by atoms with Crippen LogP contribution in [0.5, 0.6) is 5.75 Å². The first kappa shape index (κ1) is 20.9. The lowest BCUT2D eigenvalue weighted by molar-refractivity contribution is 0.0937. The van der Waals surface area contributed by atoms with Crippen molar-refractivity contribution in [2.75, 3.05) is 11.9 Å². The summed E-state index contributed by atoms with van der Waals surface area (Å²) in [5, 5.41) is 5.80. The molecule has 1 aliphatic heterocycles. The third kappa shape index (κ3) is 5.16. The number of hydrogen-bond donors (Lipinski definition) is 2. The highest BCUT2D eigenvalue weighted by Crippen LogP contribution is 2.23. The Hall–Kier alpha value is -2.83. The first-order valence-corrected chi connectivity index (χ1v) is 10.4. The van der Waals surface area contributed by atoms with Crippen molar-refractivity contribution in [3.63, 3.8) is 0 Å². The van der Waals surface area contributed by atoms with E-state index in [1.165, 1.54) is 0 Å². The summed E-state index contributed by atoms with van der Waals surface area (Å²) in [6.45, 7) is 7.34. The van der Waals surface area contributed by atoms with Crippen LogP contribution >= 0.6 is 0 Å². The van der Waals surface area contributed by atoms with Gasteiger partial charge in [0.2, 0.25) is 0 Å². The first-order valence-electron chi connectivity index (χ1n) is 10.4. The Labute approximate surface area is 171 Å². The minimum Gasteiger partial charge on any atom is -0.491 e. The first-order chi connectivity index (χ1) is 14.0. The predicted octanol–water partition coefficient (Wildman–Crippen LogP) is 3.79. The van der Waals surface area contributed by atoms with E-state index in [0.29, 0.717) is 30.3 Å². The minimum absolute atomic E-state index is 0.0920. The maximum Gasteiger partial charge on any atom is 0.287 e. The van der Waals surface area contributed by atoms with E-state index < -0.39 is 0 Å². The monoisotopic (exact) mass is 398 g/mol. The molecule has 2 heterocycles. The molecule has 1 aromatic carbocycles.